The number of nitrogens with one attached hydrogen (secondary N) is 1. The minimum Gasteiger partial charge on any atom is -0.478 e. The van der Waals surface area contributed by atoms with E-state index in [1.807, 2.05) is 0 Å². The van der Waals surface area contributed by atoms with Crippen LogP contribution in [0.25, 0.3) is 22.3 Å². The first-order valence-electron chi connectivity index (χ1n) is 19.5. The highest BCUT2D eigenvalue weighted by Crippen LogP contribution is 2.46. The maximum absolute atomic E-state index is 16.1. The average Bonchev–Trinajstić information content (AvgIpc) is 4.21. The summed E-state index contributed by atoms with van der Waals surface area (Å²) in [6.07, 6.45) is 0.799. The lowest BCUT2D eigenvalue weighted by Gasteiger charge is -2.17. The molecular weight excluding hydrogens is 1000 g/mol. The van der Waals surface area contributed by atoms with E-state index in [9.17, 15) is 17.6 Å². The number of benzene rings is 4. The molecule has 4 aliphatic rings. The zero-order chi connectivity index (χ0) is 51.6. The lowest BCUT2D eigenvalue weighted by atomic mass is 9.88. The van der Waals surface area contributed by atoms with Gasteiger partial charge in [-0.05, 0) is 37.3 Å². The van der Waals surface area contributed by atoms with Gasteiger partial charge in [-0.15, -0.1) is 0 Å². The van der Waals surface area contributed by atoms with E-state index in [1.54, 1.807) is 0 Å². The van der Waals surface area contributed by atoms with Crippen LogP contribution in [-0.4, -0.2) is 29.2 Å². The van der Waals surface area contributed by atoms with Crippen LogP contribution in [0.2, 0.25) is 0 Å². The number of halogens is 20. The van der Waals surface area contributed by atoms with E-state index in [4.69, 9.17) is 4.74 Å². The molecule has 0 spiro atoms. The van der Waals surface area contributed by atoms with E-state index in [0.29, 0.717) is 36.6 Å². The highest BCUT2D eigenvalue weighted by Gasteiger charge is 2.40. The molecule has 0 saturated carbocycles. The Hall–Kier alpha value is -7.99. The molecule has 71 heavy (non-hydrogen) atoms. The largest absolute Gasteiger partial charge is 0.478 e. The molecule has 5 nitrogen and oxygen atoms in total. The molecule has 1 aromatic heterocycles. The van der Waals surface area contributed by atoms with Crippen molar-refractivity contribution in [3.8, 4) is 0 Å². The minimum atomic E-state index is -2.73. The maximum Gasteiger partial charge on any atom is 0.217 e. The van der Waals surface area contributed by atoms with Gasteiger partial charge in [-0.2, -0.15) is 0 Å². The summed E-state index contributed by atoms with van der Waals surface area (Å²) in [5.41, 5.74) is -18.8. The van der Waals surface area contributed by atoms with Crippen molar-refractivity contribution in [1.29, 1.82) is 0 Å². The number of fused-ring (bicyclic) bond motifs is 6. The molecule has 9 rings (SSSR count). The average molecular weight is 1020 g/mol. The van der Waals surface area contributed by atoms with Crippen molar-refractivity contribution >= 4 is 39.9 Å². The van der Waals surface area contributed by atoms with Gasteiger partial charge in [-0.25, -0.2) is 97.8 Å². The maximum atomic E-state index is 16.1. The number of aliphatic imine (C=N–C) groups is 3. The summed E-state index contributed by atoms with van der Waals surface area (Å²) in [7, 11) is 0. The number of ether oxygens (including phenoxy) is 1. The van der Waals surface area contributed by atoms with Crippen LogP contribution in [0.5, 0.6) is 0 Å². The van der Waals surface area contributed by atoms with Gasteiger partial charge in [0.2, 0.25) is 29.2 Å². The second kappa shape index (κ2) is 17.2. The van der Waals surface area contributed by atoms with Crippen molar-refractivity contribution in [2.75, 3.05) is 6.61 Å². The third kappa shape index (κ3) is 7.05. The predicted octanol–water partition coefficient (Wildman–Crippen LogP) is 11.1. The third-order valence-corrected chi connectivity index (χ3v) is 11.1. The van der Waals surface area contributed by atoms with E-state index in [2.05, 4.69) is 20.0 Å². The van der Waals surface area contributed by atoms with Gasteiger partial charge in [0.15, 0.2) is 93.1 Å². The number of nitrogens with zero attached hydrogens (tertiary/aromatic N) is 3. The minimum absolute atomic E-state index is 0.451. The van der Waals surface area contributed by atoms with Crippen molar-refractivity contribution in [3.05, 3.63) is 208 Å². The van der Waals surface area contributed by atoms with Crippen molar-refractivity contribution in [2.45, 2.75) is 13.3 Å². The molecule has 1 N–H and O–H groups in total. The van der Waals surface area contributed by atoms with Crippen molar-refractivity contribution in [2.24, 2.45) is 15.0 Å². The Labute approximate surface area is 380 Å². The number of rotatable bonds is 6. The van der Waals surface area contributed by atoms with Gasteiger partial charge in [0.1, 0.15) is 0 Å². The summed E-state index contributed by atoms with van der Waals surface area (Å²) >= 11 is 0. The Bertz CT molecular complexity index is 3630. The Balaban J connectivity index is 1.55. The summed E-state index contributed by atoms with van der Waals surface area (Å²) in [5.74, 6) is -53.9. The lowest BCUT2D eigenvalue weighted by molar-refractivity contribution is 0.226. The van der Waals surface area contributed by atoms with E-state index in [1.165, 1.54) is 6.92 Å². The molecule has 0 saturated heterocycles. The number of hydrogen-bond donors (Lipinski definition) is 1. The van der Waals surface area contributed by atoms with Gasteiger partial charge in [-0.3, -0.25) is 4.99 Å². The van der Waals surface area contributed by atoms with Crippen LogP contribution < -0.4 is 10.7 Å². The first-order valence-corrected chi connectivity index (χ1v) is 19.5. The van der Waals surface area contributed by atoms with E-state index in [-0.39, 0.29) is 0 Å². The molecule has 364 valence electrons. The van der Waals surface area contributed by atoms with E-state index < -0.39 is 224 Å². The first kappa shape index (κ1) is 48.1. The second-order valence-corrected chi connectivity index (χ2v) is 15.0. The standard InChI is InChI=1S/C46H14F20N4O/c1-2-71-46-11-8-17(70-46)21(25-32(53)40(61)45(66)41(62)33(25)54)16-7-10(9-67-16)18(22-26(47)34(55)42(63)35(56)27(22)48)12-3-5-14(68-12)20(24-30(51)38(59)44(65)39(60)31(24)52)15-6-4-13(69-15)19(11)23-28(49)36(57)43(64)37(58)29(23)50/h3-7,9,68H,2,8H2,1H3. The van der Waals surface area contributed by atoms with Gasteiger partial charge < -0.3 is 9.72 Å². The topological polar surface area (TPSA) is 62.1 Å². The molecule has 5 heterocycles. The predicted molar refractivity (Wildman–Crippen MR) is 208 cm³/mol. The fraction of sp³-hybridized carbons (Fsp3) is 0.0652. The third-order valence-electron chi connectivity index (χ3n) is 11.1. The zero-order valence-corrected chi connectivity index (χ0v) is 34.2. The Morgan fingerprint density at radius 1 is 0.437 bits per heavy atom. The smallest absolute Gasteiger partial charge is 0.217 e. The van der Waals surface area contributed by atoms with Gasteiger partial charge in [0.25, 0.3) is 0 Å². The monoisotopic (exact) mass is 1020 g/mol. The fourth-order valence-corrected chi connectivity index (χ4v) is 8.02. The zero-order valence-electron chi connectivity index (χ0n) is 34.2. The fourth-order valence-electron chi connectivity index (χ4n) is 8.02. The lowest BCUT2D eigenvalue weighted by Crippen LogP contribution is -2.23. The Morgan fingerprint density at radius 3 is 1.25 bits per heavy atom. The molecular formula is C46H14F20N4O. The summed E-state index contributed by atoms with van der Waals surface area (Å²) in [4.78, 5) is 14.1. The molecule has 4 aliphatic heterocycles. The van der Waals surface area contributed by atoms with E-state index >= 15 is 70.2 Å². The highest BCUT2D eigenvalue weighted by atomic mass is 19.2. The SMILES string of the molecule is CCOC1=C2CC(=N1)C(c1c(F)c(F)c(F)c(F)c1F)=C1C=C(C=N1)C(c1c(F)c(F)c(F)c(F)c1F)=c1ccc([nH]1)=C(c1c(F)c(F)c(F)c(F)c1F)C1=NC(=C2c2c(F)c(F)c(F)c(F)c2F)C=C1. The molecule has 0 fully saturated rings. The first-order chi connectivity index (χ1) is 33.5. The number of aromatic amines is 1. The molecule has 0 amide bonds. The van der Waals surface area contributed by atoms with Crippen LogP contribution in [0, 0.1) is 116 Å². The van der Waals surface area contributed by atoms with Crippen molar-refractivity contribution < 1.29 is 92.5 Å². The van der Waals surface area contributed by atoms with Gasteiger partial charge in [0, 0.05) is 56.8 Å². The highest BCUT2D eigenvalue weighted by molar-refractivity contribution is 6.31. The number of H-pyrrole nitrogens is 1. The Morgan fingerprint density at radius 2 is 0.817 bits per heavy atom. The molecule has 0 unspecified atom stereocenters. The van der Waals surface area contributed by atoms with E-state index in [0.717, 1.165) is 0 Å². The van der Waals surface area contributed by atoms with Gasteiger partial charge >= 0.3 is 0 Å². The Kier molecular flexibility index (Phi) is 11.6. The van der Waals surface area contributed by atoms with Crippen LogP contribution in [0.3, 0.4) is 0 Å². The quantitative estimate of drug-likeness (QED) is 0.103. The molecule has 8 bridgehead atoms. The molecule has 4 aromatic carbocycles. The van der Waals surface area contributed by atoms with Crippen LogP contribution in [0.4, 0.5) is 87.8 Å². The number of hydrogen-bond acceptors (Lipinski definition) is 4. The molecule has 0 aliphatic carbocycles. The van der Waals surface area contributed by atoms with Crippen molar-refractivity contribution in [1.82, 2.24) is 4.98 Å². The number of aromatic nitrogens is 1. The molecule has 0 radical (unpaired) electrons. The second-order valence-electron chi connectivity index (χ2n) is 15.0. The van der Waals surface area contributed by atoms with Crippen LogP contribution in [0.15, 0.2) is 73.8 Å². The summed E-state index contributed by atoms with van der Waals surface area (Å²) in [6, 6.07) is 1.27. The van der Waals surface area contributed by atoms with Crippen molar-refractivity contribution in [3.63, 3.8) is 0 Å². The normalized spacial score (nSPS) is 15.6. The summed E-state index contributed by atoms with van der Waals surface area (Å²) in [6.45, 7) is 0.612. The molecule has 0 atom stereocenters. The van der Waals surface area contributed by atoms with Crippen LogP contribution in [0.1, 0.15) is 35.6 Å². The van der Waals surface area contributed by atoms with Crippen LogP contribution >= 0.6 is 0 Å². The summed E-state index contributed by atoms with van der Waals surface area (Å²) in [5, 5.41) is -1.89. The van der Waals surface area contributed by atoms with Crippen LogP contribution in [-0.2, 0) is 4.74 Å². The summed E-state index contributed by atoms with van der Waals surface area (Å²) < 4.78 is 312. The molecule has 25 heteroatoms. The van der Waals surface area contributed by atoms with Gasteiger partial charge in [-0.1, -0.05) is 0 Å². The van der Waals surface area contributed by atoms with Gasteiger partial charge in [0.05, 0.1) is 51.7 Å². The molecule has 5 aromatic rings. The number of allylic oxidation sites excluding steroid dienone is 7.